The van der Waals surface area contributed by atoms with Crippen molar-refractivity contribution in [3.63, 3.8) is 0 Å². The second kappa shape index (κ2) is 7.67. The molecule has 1 aliphatic heterocycles. The Kier molecular flexibility index (Phi) is 5.05. The minimum absolute atomic E-state index is 0.0437. The lowest BCUT2D eigenvalue weighted by atomic mass is 9.70. The van der Waals surface area contributed by atoms with E-state index < -0.39 is 11.6 Å². The fraction of sp³-hybridized carbons (Fsp3) is 0.333. The van der Waals surface area contributed by atoms with Crippen LogP contribution in [-0.4, -0.2) is 30.8 Å². The van der Waals surface area contributed by atoms with E-state index in [1.54, 1.807) is 12.1 Å². The highest BCUT2D eigenvalue weighted by Gasteiger charge is 2.48. The van der Waals surface area contributed by atoms with E-state index in [4.69, 9.17) is 17.2 Å². The van der Waals surface area contributed by atoms with Crippen molar-refractivity contribution in [1.29, 1.82) is 0 Å². The molecule has 2 aliphatic rings. The molecule has 0 saturated carbocycles. The summed E-state index contributed by atoms with van der Waals surface area (Å²) in [5.74, 6) is -0.546. The first-order chi connectivity index (χ1) is 15.3. The summed E-state index contributed by atoms with van der Waals surface area (Å²) in [6.45, 7) is 3.66. The fourth-order valence-electron chi connectivity index (χ4n) is 4.89. The number of aryl methyl sites for hydroxylation is 1. The van der Waals surface area contributed by atoms with E-state index in [0.717, 1.165) is 41.6 Å². The summed E-state index contributed by atoms with van der Waals surface area (Å²) in [5, 5.41) is 7.13. The van der Waals surface area contributed by atoms with Gasteiger partial charge in [-0.1, -0.05) is 35.9 Å². The van der Waals surface area contributed by atoms with Crippen LogP contribution in [0.15, 0.2) is 36.4 Å². The Hall–Kier alpha value is -2.78. The zero-order chi connectivity index (χ0) is 22.6. The molecule has 7 nitrogen and oxygen atoms in total. The van der Waals surface area contributed by atoms with Gasteiger partial charge in [-0.05, 0) is 43.5 Å². The summed E-state index contributed by atoms with van der Waals surface area (Å²) in [6.07, 6.45) is 1.92. The molecule has 1 saturated heterocycles. The number of amides is 1. The van der Waals surface area contributed by atoms with Gasteiger partial charge in [0.2, 0.25) is 0 Å². The zero-order valence-corrected chi connectivity index (χ0v) is 18.7. The number of thiophene rings is 1. The lowest BCUT2D eigenvalue weighted by Crippen LogP contribution is -2.52. The number of rotatable bonds is 3. The Morgan fingerprint density at radius 1 is 1.22 bits per heavy atom. The third kappa shape index (κ3) is 3.06. The Labute approximate surface area is 190 Å². The molecule has 2 heterocycles. The van der Waals surface area contributed by atoms with Crippen molar-refractivity contribution in [2.75, 3.05) is 18.8 Å². The average Bonchev–Trinajstić information content (AvgIpc) is 3.20. The molecule has 0 spiro atoms. The molecule has 8 heteroatoms. The van der Waals surface area contributed by atoms with Crippen LogP contribution in [0.2, 0.25) is 0 Å². The normalized spacial score (nSPS) is 25.2. The van der Waals surface area contributed by atoms with Gasteiger partial charge in [-0.15, -0.1) is 11.3 Å². The number of ketones is 1. The molecule has 3 atom stereocenters. The van der Waals surface area contributed by atoms with Crippen LogP contribution >= 0.6 is 11.3 Å². The molecule has 0 radical (unpaired) electrons. The highest BCUT2D eigenvalue weighted by molar-refractivity contribution is 7.21. The van der Waals surface area contributed by atoms with Crippen molar-refractivity contribution in [1.82, 2.24) is 10.6 Å². The number of nitrogens with one attached hydrogen (secondary N) is 2. The first kappa shape index (κ1) is 21.1. The molecule has 1 amide bonds. The summed E-state index contributed by atoms with van der Waals surface area (Å²) in [5.41, 5.74) is 21.7. The van der Waals surface area contributed by atoms with E-state index in [9.17, 15) is 9.59 Å². The molecule has 2 aromatic carbocycles. The second-order valence-electron chi connectivity index (χ2n) is 8.78. The van der Waals surface area contributed by atoms with E-state index in [2.05, 4.69) is 10.6 Å². The maximum atomic E-state index is 13.7. The molecule has 0 bridgehead atoms. The van der Waals surface area contributed by atoms with E-state index in [1.165, 1.54) is 11.3 Å². The largest absolute Gasteiger partial charge is 0.398 e. The maximum Gasteiger partial charge on any atom is 0.262 e. The van der Waals surface area contributed by atoms with Crippen LogP contribution in [0.3, 0.4) is 0 Å². The van der Waals surface area contributed by atoms with E-state index in [1.807, 2.05) is 31.2 Å². The molecule has 5 rings (SSSR count). The molecule has 1 aliphatic carbocycles. The van der Waals surface area contributed by atoms with Gasteiger partial charge >= 0.3 is 0 Å². The van der Waals surface area contributed by atoms with Crippen LogP contribution in [0.1, 0.15) is 50.8 Å². The van der Waals surface area contributed by atoms with Crippen molar-refractivity contribution in [2.24, 2.45) is 11.5 Å². The molecule has 8 N–H and O–H groups in total. The highest BCUT2D eigenvalue weighted by Crippen LogP contribution is 2.49. The Balaban J connectivity index is 1.69. The minimum atomic E-state index is -1.41. The van der Waals surface area contributed by atoms with Gasteiger partial charge in [0.1, 0.15) is 5.54 Å². The zero-order valence-electron chi connectivity index (χ0n) is 17.9. The first-order valence-electron chi connectivity index (χ1n) is 10.8. The lowest BCUT2D eigenvalue weighted by molar-refractivity contribution is -0.124. The second-order valence-corrected chi connectivity index (χ2v) is 9.80. The monoisotopic (exact) mass is 449 g/mol. The Morgan fingerprint density at radius 3 is 2.66 bits per heavy atom. The number of benzene rings is 2. The Bertz CT molecular complexity index is 1230. The highest BCUT2D eigenvalue weighted by atomic mass is 32.1. The number of carbonyl (C=O) groups excluding carboxylic acids is 2. The minimum Gasteiger partial charge on any atom is -0.398 e. The van der Waals surface area contributed by atoms with Crippen LogP contribution in [0, 0.1) is 6.92 Å². The molecule has 3 unspecified atom stereocenters. The number of nitrogens with two attached hydrogens (primary N) is 3. The van der Waals surface area contributed by atoms with E-state index in [0.29, 0.717) is 27.3 Å². The molecule has 1 aromatic heterocycles. The van der Waals surface area contributed by atoms with Crippen LogP contribution in [0.25, 0.3) is 10.1 Å². The van der Waals surface area contributed by atoms with E-state index >= 15 is 0 Å². The molecule has 32 heavy (non-hydrogen) atoms. The number of carbonyl (C=O) groups is 2. The third-order valence-corrected chi connectivity index (χ3v) is 7.91. The van der Waals surface area contributed by atoms with Gasteiger partial charge in [0.25, 0.3) is 5.91 Å². The van der Waals surface area contributed by atoms with Crippen molar-refractivity contribution >= 4 is 38.8 Å². The van der Waals surface area contributed by atoms with Crippen molar-refractivity contribution in [3.05, 3.63) is 63.5 Å². The van der Waals surface area contributed by atoms with Gasteiger partial charge in [-0.3, -0.25) is 9.59 Å². The van der Waals surface area contributed by atoms with Crippen LogP contribution in [0.4, 0.5) is 5.69 Å². The number of anilines is 1. The molecular weight excluding hydrogens is 422 g/mol. The van der Waals surface area contributed by atoms with Gasteiger partial charge in [0.15, 0.2) is 5.78 Å². The predicted octanol–water partition coefficient (Wildman–Crippen LogP) is 2.06. The first-order valence-corrected chi connectivity index (χ1v) is 11.7. The number of Topliss-reactive ketones (excluding diaryl/α,β-unsaturated/α-hetero) is 1. The van der Waals surface area contributed by atoms with Crippen LogP contribution in [0.5, 0.6) is 0 Å². The molecule has 3 aromatic rings. The topological polar surface area (TPSA) is 136 Å². The summed E-state index contributed by atoms with van der Waals surface area (Å²) in [6, 6.07) is 10.2. The van der Waals surface area contributed by atoms with Crippen molar-refractivity contribution in [2.45, 2.75) is 37.4 Å². The van der Waals surface area contributed by atoms with Gasteiger partial charge in [0, 0.05) is 29.2 Å². The summed E-state index contributed by atoms with van der Waals surface area (Å²) in [7, 11) is 0. The maximum absolute atomic E-state index is 13.7. The molecular formula is C24H27N5O2S. The van der Waals surface area contributed by atoms with Gasteiger partial charge < -0.3 is 27.8 Å². The SMILES string of the molecule is Cc1ccc(C2(N)C(=O)C(N)c3c(C(=O)NC4CCCNC4)sc4c(N)ccc2c34)cc1. The van der Waals surface area contributed by atoms with Crippen LogP contribution < -0.4 is 27.8 Å². The Morgan fingerprint density at radius 2 is 1.97 bits per heavy atom. The fourth-order valence-corrected chi connectivity index (χ4v) is 6.09. The van der Waals surface area contributed by atoms with Crippen molar-refractivity contribution in [3.8, 4) is 0 Å². The summed E-state index contributed by atoms with van der Waals surface area (Å²) >= 11 is 1.28. The number of piperidine rings is 1. The lowest BCUT2D eigenvalue weighted by Gasteiger charge is -2.36. The van der Waals surface area contributed by atoms with Gasteiger partial charge in [0.05, 0.1) is 15.6 Å². The quantitative estimate of drug-likeness (QED) is 0.388. The van der Waals surface area contributed by atoms with Crippen molar-refractivity contribution < 1.29 is 9.59 Å². The molecule has 166 valence electrons. The standard InChI is InChI=1S/C24H27N5O2S/c1-12-4-6-13(7-5-12)24(27)15-8-9-16(25)20-17(15)18(19(26)22(24)30)21(32-20)23(31)29-14-3-2-10-28-11-14/h4-9,14,19,28H,2-3,10-11,25-27H2,1H3,(H,29,31). The third-order valence-electron chi connectivity index (χ3n) is 6.66. The smallest absolute Gasteiger partial charge is 0.262 e. The number of hydrogen-bond donors (Lipinski definition) is 5. The summed E-state index contributed by atoms with van der Waals surface area (Å²) in [4.78, 5) is 27.4. The summed E-state index contributed by atoms with van der Waals surface area (Å²) < 4.78 is 0.745. The number of nitrogen functional groups attached to an aromatic ring is 1. The number of hydrogen-bond acceptors (Lipinski definition) is 7. The average molecular weight is 450 g/mol. The van der Waals surface area contributed by atoms with Gasteiger partial charge in [-0.25, -0.2) is 0 Å². The van der Waals surface area contributed by atoms with E-state index in [-0.39, 0.29) is 17.7 Å². The van der Waals surface area contributed by atoms with Crippen LogP contribution in [-0.2, 0) is 10.3 Å². The molecule has 1 fully saturated rings. The van der Waals surface area contributed by atoms with Gasteiger partial charge in [-0.2, -0.15) is 0 Å². The predicted molar refractivity (Wildman–Crippen MR) is 128 cm³/mol.